The molecule has 2 saturated heterocycles. The zero-order chi connectivity index (χ0) is 18.9. The number of halogens is 1. The summed E-state index contributed by atoms with van der Waals surface area (Å²) in [6, 6.07) is 10.8. The van der Waals surface area contributed by atoms with Gasteiger partial charge in [-0.25, -0.2) is 4.39 Å². The molecule has 4 rings (SSSR count). The van der Waals surface area contributed by atoms with Crippen LogP contribution in [0.1, 0.15) is 43.3 Å². The number of hydrogen-bond donors (Lipinski definition) is 0. The van der Waals surface area contributed by atoms with Crippen LogP contribution in [0.3, 0.4) is 0 Å². The van der Waals surface area contributed by atoms with E-state index < -0.39 is 0 Å². The molecular formula is C22H27FN2O2. The molecule has 1 aromatic carbocycles. The lowest BCUT2D eigenvalue weighted by Gasteiger charge is -2.39. The Labute approximate surface area is 159 Å². The minimum atomic E-state index is -0.316. The predicted molar refractivity (Wildman–Crippen MR) is 101 cm³/mol. The second-order valence-corrected chi connectivity index (χ2v) is 7.88. The highest BCUT2D eigenvalue weighted by molar-refractivity contribution is 5.84. The van der Waals surface area contributed by atoms with Gasteiger partial charge in [0.05, 0.1) is 12.0 Å². The number of rotatable bonds is 5. The fourth-order valence-electron chi connectivity index (χ4n) is 4.52. The van der Waals surface area contributed by atoms with Crippen LogP contribution in [0.15, 0.2) is 40.8 Å². The van der Waals surface area contributed by atoms with Crippen LogP contribution < -0.4 is 0 Å². The van der Waals surface area contributed by atoms with Crippen LogP contribution in [0.4, 0.5) is 4.39 Å². The lowest BCUT2D eigenvalue weighted by Crippen LogP contribution is -2.49. The maximum atomic E-state index is 14.0. The Hall–Kier alpha value is -2.14. The van der Waals surface area contributed by atoms with Crippen LogP contribution in [0, 0.1) is 11.2 Å². The molecule has 1 unspecified atom stereocenters. The molecule has 5 heteroatoms. The molecule has 2 fully saturated rings. The van der Waals surface area contributed by atoms with Gasteiger partial charge >= 0.3 is 0 Å². The predicted octanol–water partition coefficient (Wildman–Crippen LogP) is 4.00. The molecule has 4 nitrogen and oxygen atoms in total. The molecular weight excluding hydrogens is 343 g/mol. The number of amides is 1. The molecule has 0 aliphatic carbocycles. The van der Waals surface area contributed by atoms with E-state index in [0.717, 1.165) is 56.8 Å². The normalized spacial score (nSPS) is 23.5. The molecule has 2 aromatic rings. The van der Waals surface area contributed by atoms with Gasteiger partial charge in [-0.3, -0.25) is 9.69 Å². The molecule has 0 bridgehead atoms. The lowest BCUT2D eigenvalue weighted by molar-refractivity contribution is -0.146. The topological polar surface area (TPSA) is 36.7 Å². The first kappa shape index (κ1) is 18.2. The van der Waals surface area contributed by atoms with Crippen molar-refractivity contribution in [3.05, 3.63) is 59.3 Å². The van der Waals surface area contributed by atoms with Gasteiger partial charge in [0.1, 0.15) is 17.3 Å². The van der Waals surface area contributed by atoms with Gasteiger partial charge in [0.2, 0.25) is 5.91 Å². The van der Waals surface area contributed by atoms with E-state index in [-0.39, 0.29) is 17.1 Å². The zero-order valence-corrected chi connectivity index (χ0v) is 15.9. The van der Waals surface area contributed by atoms with Crippen molar-refractivity contribution in [2.75, 3.05) is 19.6 Å². The number of nitrogens with zero attached hydrogens (tertiary/aromatic N) is 2. The Morgan fingerprint density at radius 3 is 2.67 bits per heavy atom. The summed E-state index contributed by atoms with van der Waals surface area (Å²) in [6.45, 7) is 5.59. The van der Waals surface area contributed by atoms with Crippen molar-refractivity contribution in [1.82, 2.24) is 9.80 Å². The second-order valence-electron chi connectivity index (χ2n) is 7.88. The number of carbonyl (C=O) groups excluding carboxylic acids is 1. The molecule has 0 N–H and O–H groups in total. The van der Waals surface area contributed by atoms with Crippen molar-refractivity contribution in [3.63, 3.8) is 0 Å². The standard InChI is InChI=1S/C22H27FN2O2/c1-2-18-8-9-19(27-18)15-24-13-11-22(16-24)10-5-12-25(21(22)26)14-17-6-3-4-7-20(17)23/h3-4,6-9H,2,5,10-16H2,1H3. The average Bonchev–Trinajstić information content (AvgIpc) is 3.29. The number of carbonyl (C=O) groups is 1. The van der Waals surface area contributed by atoms with E-state index in [9.17, 15) is 9.18 Å². The largest absolute Gasteiger partial charge is 0.465 e. The first-order valence-corrected chi connectivity index (χ1v) is 9.92. The Morgan fingerprint density at radius 2 is 1.89 bits per heavy atom. The third-order valence-electron chi connectivity index (χ3n) is 6.02. The Bertz CT molecular complexity index is 818. The van der Waals surface area contributed by atoms with Gasteiger partial charge in [0, 0.05) is 31.6 Å². The summed E-state index contributed by atoms with van der Waals surface area (Å²) in [5.74, 6) is 1.93. The molecule has 1 atom stereocenters. The van der Waals surface area contributed by atoms with Gasteiger partial charge in [-0.15, -0.1) is 0 Å². The number of hydrogen-bond acceptors (Lipinski definition) is 3. The summed E-state index contributed by atoms with van der Waals surface area (Å²) < 4.78 is 19.9. The molecule has 144 valence electrons. The van der Waals surface area contributed by atoms with Gasteiger partial charge < -0.3 is 9.32 Å². The Balaban J connectivity index is 1.43. The molecule has 0 radical (unpaired) electrons. The van der Waals surface area contributed by atoms with Crippen LogP contribution >= 0.6 is 0 Å². The molecule has 1 spiro atoms. The summed E-state index contributed by atoms with van der Waals surface area (Å²) in [6.07, 6.45) is 3.68. The Morgan fingerprint density at radius 1 is 1.07 bits per heavy atom. The number of likely N-dealkylation sites (tertiary alicyclic amines) is 2. The van der Waals surface area contributed by atoms with Gasteiger partial charge in [-0.2, -0.15) is 0 Å². The molecule has 2 aliphatic rings. The van der Waals surface area contributed by atoms with E-state index in [4.69, 9.17) is 4.42 Å². The first-order chi connectivity index (χ1) is 13.1. The van der Waals surface area contributed by atoms with Crippen LogP contribution in [-0.4, -0.2) is 35.3 Å². The molecule has 0 saturated carbocycles. The number of piperidine rings is 1. The summed E-state index contributed by atoms with van der Waals surface area (Å²) in [7, 11) is 0. The second kappa shape index (κ2) is 7.47. The number of furan rings is 1. The average molecular weight is 370 g/mol. The molecule has 1 amide bonds. The summed E-state index contributed by atoms with van der Waals surface area (Å²) in [4.78, 5) is 17.4. The summed E-state index contributed by atoms with van der Waals surface area (Å²) in [5.41, 5.74) is 0.282. The van der Waals surface area contributed by atoms with Gasteiger partial charge in [0.25, 0.3) is 0 Å². The van der Waals surface area contributed by atoms with E-state index >= 15 is 0 Å². The highest BCUT2D eigenvalue weighted by atomic mass is 19.1. The summed E-state index contributed by atoms with van der Waals surface area (Å²) in [5, 5.41) is 0. The first-order valence-electron chi connectivity index (χ1n) is 9.92. The van der Waals surface area contributed by atoms with E-state index in [1.807, 2.05) is 23.1 Å². The van der Waals surface area contributed by atoms with Crippen molar-refractivity contribution in [2.24, 2.45) is 5.41 Å². The maximum absolute atomic E-state index is 14.0. The van der Waals surface area contributed by atoms with Crippen LogP contribution in [0.5, 0.6) is 0 Å². The van der Waals surface area contributed by atoms with E-state index in [0.29, 0.717) is 18.7 Å². The third-order valence-corrected chi connectivity index (χ3v) is 6.02. The summed E-state index contributed by atoms with van der Waals surface area (Å²) >= 11 is 0. The van der Waals surface area contributed by atoms with Crippen molar-refractivity contribution >= 4 is 5.91 Å². The lowest BCUT2D eigenvalue weighted by atomic mass is 9.78. The monoisotopic (exact) mass is 370 g/mol. The van der Waals surface area contributed by atoms with E-state index in [1.54, 1.807) is 12.1 Å². The minimum Gasteiger partial charge on any atom is -0.465 e. The molecule has 2 aliphatic heterocycles. The van der Waals surface area contributed by atoms with E-state index in [2.05, 4.69) is 11.8 Å². The fourth-order valence-corrected chi connectivity index (χ4v) is 4.52. The van der Waals surface area contributed by atoms with Crippen LogP contribution in [-0.2, 0) is 24.3 Å². The van der Waals surface area contributed by atoms with Gasteiger partial charge in [0.15, 0.2) is 0 Å². The maximum Gasteiger partial charge on any atom is 0.230 e. The van der Waals surface area contributed by atoms with E-state index in [1.165, 1.54) is 6.07 Å². The molecule has 27 heavy (non-hydrogen) atoms. The smallest absolute Gasteiger partial charge is 0.230 e. The minimum absolute atomic E-state index is 0.188. The van der Waals surface area contributed by atoms with Crippen molar-refractivity contribution in [3.8, 4) is 0 Å². The van der Waals surface area contributed by atoms with Crippen molar-refractivity contribution in [2.45, 2.75) is 45.7 Å². The van der Waals surface area contributed by atoms with Crippen LogP contribution in [0.25, 0.3) is 0 Å². The highest BCUT2D eigenvalue weighted by Gasteiger charge is 2.48. The van der Waals surface area contributed by atoms with Crippen molar-refractivity contribution in [1.29, 1.82) is 0 Å². The number of aryl methyl sites for hydroxylation is 1. The third kappa shape index (κ3) is 3.65. The number of benzene rings is 1. The van der Waals surface area contributed by atoms with Gasteiger partial charge in [-0.05, 0) is 44.0 Å². The van der Waals surface area contributed by atoms with Crippen molar-refractivity contribution < 1.29 is 13.6 Å². The van der Waals surface area contributed by atoms with Crippen LogP contribution in [0.2, 0.25) is 0 Å². The Kier molecular flexibility index (Phi) is 5.04. The highest BCUT2D eigenvalue weighted by Crippen LogP contribution is 2.41. The SMILES string of the molecule is CCc1ccc(CN2CCC3(CCCN(Cc4ccccc4F)C3=O)C2)o1. The molecule has 3 heterocycles. The van der Waals surface area contributed by atoms with Gasteiger partial charge in [-0.1, -0.05) is 25.1 Å². The quantitative estimate of drug-likeness (QED) is 0.798. The zero-order valence-electron chi connectivity index (χ0n) is 15.9. The molecule has 1 aromatic heterocycles. The fraction of sp³-hybridized carbons (Fsp3) is 0.500.